The summed E-state index contributed by atoms with van der Waals surface area (Å²) in [6.45, 7) is 3.70. The number of fused-ring (bicyclic) bond motifs is 1. The molecule has 0 aliphatic heterocycles. The maximum atomic E-state index is 12.8. The van der Waals surface area contributed by atoms with Crippen LogP contribution >= 0.6 is 11.6 Å². The van der Waals surface area contributed by atoms with E-state index in [0.29, 0.717) is 33.4 Å². The summed E-state index contributed by atoms with van der Waals surface area (Å²) < 4.78 is 5.85. The highest BCUT2D eigenvalue weighted by molar-refractivity contribution is 6.33. The molecule has 0 saturated carbocycles. The van der Waals surface area contributed by atoms with E-state index in [1.165, 1.54) is 0 Å². The Morgan fingerprint density at radius 2 is 1.76 bits per heavy atom. The van der Waals surface area contributed by atoms with Crippen molar-refractivity contribution in [3.63, 3.8) is 0 Å². The fourth-order valence-electron chi connectivity index (χ4n) is 3.46. The monoisotopic (exact) mass is 462 g/mol. The van der Waals surface area contributed by atoms with E-state index in [1.54, 1.807) is 12.1 Å². The van der Waals surface area contributed by atoms with E-state index in [0.717, 1.165) is 29.8 Å². The number of anilines is 2. The van der Waals surface area contributed by atoms with Gasteiger partial charge in [-0.25, -0.2) is 0 Å². The number of oxazole rings is 1. The lowest BCUT2D eigenvalue weighted by atomic mass is 10.0. The van der Waals surface area contributed by atoms with Crippen molar-refractivity contribution >= 4 is 40.3 Å². The third-order valence-electron chi connectivity index (χ3n) is 5.43. The van der Waals surface area contributed by atoms with Gasteiger partial charge in [-0.2, -0.15) is 4.98 Å². The number of aromatic nitrogens is 1. The highest BCUT2D eigenvalue weighted by atomic mass is 35.5. The lowest BCUT2D eigenvalue weighted by Gasteiger charge is -2.17. The Kier molecular flexibility index (Phi) is 6.67. The zero-order valence-electron chi connectivity index (χ0n) is 19.2. The number of likely N-dealkylation sites (N-methyl/N-ethyl adjacent to an activating group) is 2. The first-order valence-electron chi connectivity index (χ1n) is 10.7. The van der Waals surface area contributed by atoms with Crippen molar-refractivity contribution in [1.29, 1.82) is 0 Å². The van der Waals surface area contributed by atoms with Crippen LogP contribution in [0.5, 0.6) is 0 Å². The highest BCUT2D eigenvalue weighted by Gasteiger charge is 2.13. The minimum absolute atomic E-state index is 0.192. The predicted octanol–water partition coefficient (Wildman–Crippen LogP) is 5.71. The van der Waals surface area contributed by atoms with Crippen LogP contribution in [0.2, 0.25) is 5.02 Å². The van der Waals surface area contributed by atoms with Gasteiger partial charge in [0.2, 0.25) is 0 Å². The fraction of sp³-hybridized carbons (Fsp3) is 0.231. The number of rotatable bonds is 7. The Balaban J connectivity index is 1.47. The van der Waals surface area contributed by atoms with Gasteiger partial charge in [0.15, 0.2) is 5.58 Å². The van der Waals surface area contributed by atoms with E-state index in [4.69, 9.17) is 16.0 Å². The number of benzene rings is 3. The van der Waals surface area contributed by atoms with E-state index in [-0.39, 0.29) is 5.91 Å². The molecular formula is C26H27ClN4O2. The second-order valence-corrected chi connectivity index (χ2v) is 8.83. The first-order chi connectivity index (χ1) is 15.8. The number of halogens is 1. The topological polar surface area (TPSA) is 61.6 Å². The third-order valence-corrected chi connectivity index (χ3v) is 5.74. The summed E-state index contributed by atoms with van der Waals surface area (Å²) in [6, 6.07) is 19.4. The van der Waals surface area contributed by atoms with Crippen molar-refractivity contribution in [3.05, 3.63) is 76.8 Å². The van der Waals surface area contributed by atoms with E-state index in [1.807, 2.05) is 81.5 Å². The maximum absolute atomic E-state index is 12.8. The fourth-order valence-corrected chi connectivity index (χ4v) is 3.80. The van der Waals surface area contributed by atoms with Crippen LogP contribution in [0, 0.1) is 6.92 Å². The zero-order valence-corrected chi connectivity index (χ0v) is 20.0. The van der Waals surface area contributed by atoms with Gasteiger partial charge in [-0.1, -0.05) is 35.9 Å². The Morgan fingerprint density at radius 3 is 2.45 bits per heavy atom. The molecular weight excluding hydrogens is 436 g/mol. The lowest BCUT2D eigenvalue weighted by molar-refractivity contribution is 0.102. The molecule has 0 aliphatic carbocycles. The van der Waals surface area contributed by atoms with Gasteiger partial charge < -0.3 is 19.5 Å². The zero-order chi connectivity index (χ0) is 23.5. The molecule has 0 aliphatic rings. The van der Waals surface area contributed by atoms with Crippen molar-refractivity contribution in [2.45, 2.75) is 6.92 Å². The maximum Gasteiger partial charge on any atom is 0.298 e. The number of carbonyl (C=O) groups excluding carboxylic acids is 1. The Bertz CT molecular complexity index is 1280. The summed E-state index contributed by atoms with van der Waals surface area (Å²) in [4.78, 5) is 21.4. The van der Waals surface area contributed by atoms with Gasteiger partial charge in [0.25, 0.3) is 11.9 Å². The number of carbonyl (C=O) groups is 1. The van der Waals surface area contributed by atoms with Crippen molar-refractivity contribution < 1.29 is 9.21 Å². The molecule has 0 bridgehead atoms. The largest absolute Gasteiger partial charge is 0.423 e. The summed E-state index contributed by atoms with van der Waals surface area (Å²) in [5.74, 6) is -0.192. The van der Waals surface area contributed by atoms with Crippen molar-refractivity contribution in [2.75, 3.05) is 44.4 Å². The average Bonchev–Trinajstić information content (AvgIpc) is 3.21. The van der Waals surface area contributed by atoms with Crippen molar-refractivity contribution in [3.8, 4) is 11.1 Å². The quantitative estimate of drug-likeness (QED) is 0.381. The molecule has 0 unspecified atom stereocenters. The predicted molar refractivity (Wildman–Crippen MR) is 135 cm³/mol. The van der Waals surface area contributed by atoms with Gasteiger partial charge in [-0.15, -0.1) is 0 Å². The van der Waals surface area contributed by atoms with E-state index in [2.05, 4.69) is 15.2 Å². The molecule has 1 heterocycles. The van der Waals surface area contributed by atoms with Gasteiger partial charge in [0.1, 0.15) is 5.52 Å². The van der Waals surface area contributed by atoms with Crippen LogP contribution in [0.3, 0.4) is 0 Å². The Hall–Kier alpha value is -3.35. The summed E-state index contributed by atoms with van der Waals surface area (Å²) in [5.41, 5.74) is 5.61. The van der Waals surface area contributed by atoms with Crippen LogP contribution in [-0.4, -0.2) is 50.0 Å². The molecule has 4 aromatic rings. The Morgan fingerprint density at radius 1 is 1.00 bits per heavy atom. The molecule has 0 spiro atoms. The second kappa shape index (κ2) is 9.65. The third kappa shape index (κ3) is 5.35. The number of hydrogen-bond acceptors (Lipinski definition) is 5. The number of hydrogen-bond donors (Lipinski definition) is 1. The van der Waals surface area contributed by atoms with Crippen molar-refractivity contribution in [1.82, 2.24) is 9.88 Å². The number of nitrogens with one attached hydrogen (secondary N) is 1. The smallest absolute Gasteiger partial charge is 0.298 e. The summed E-state index contributed by atoms with van der Waals surface area (Å²) in [6.07, 6.45) is 0. The van der Waals surface area contributed by atoms with Crippen LogP contribution in [0.4, 0.5) is 11.7 Å². The molecule has 4 rings (SSSR count). The highest BCUT2D eigenvalue weighted by Crippen LogP contribution is 2.29. The van der Waals surface area contributed by atoms with Crippen LogP contribution in [0.1, 0.15) is 15.9 Å². The van der Waals surface area contributed by atoms with Gasteiger partial charge in [0.05, 0.1) is 0 Å². The summed E-state index contributed by atoms with van der Waals surface area (Å²) in [7, 11) is 6.00. The second-order valence-electron chi connectivity index (χ2n) is 8.42. The molecule has 170 valence electrons. The Labute approximate surface area is 198 Å². The standard InChI is InChI=1S/C26H27ClN4O2/c1-17-5-11-21(22(27)15-17)18-6-8-19(9-7-18)25(32)28-20-10-12-24-23(16-20)29-26(33-24)31(4)14-13-30(2)3/h5-12,15-16H,13-14H2,1-4H3,(H,28,32). The van der Waals surface area contributed by atoms with E-state index >= 15 is 0 Å². The summed E-state index contributed by atoms with van der Waals surface area (Å²) in [5, 5.41) is 3.63. The van der Waals surface area contributed by atoms with Crippen LogP contribution in [-0.2, 0) is 0 Å². The first kappa shape index (κ1) is 22.8. The molecule has 0 atom stereocenters. The molecule has 1 aromatic heterocycles. The normalized spacial score (nSPS) is 11.2. The molecule has 3 aromatic carbocycles. The molecule has 0 radical (unpaired) electrons. The summed E-state index contributed by atoms with van der Waals surface area (Å²) >= 11 is 6.38. The molecule has 0 fully saturated rings. The van der Waals surface area contributed by atoms with Crippen LogP contribution in [0.15, 0.2) is 65.1 Å². The lowest BCUT2D eigenvalue weighted by Crippen LogP contribution is -2.28. The van der Waals surface area contributed by atoms with Gasteiger partial charge in [0, 0.05) is 42.0 Å². The molecule has 6 nitrogen and oxygen atoms in total. The minimum Gasteiger partial charge on any atom is -0.423 e. The van der Waals surface area contributed by atoms with E-state index in [9.17, 15) is 4.79 Å². The van der Waals surface area contributed by atoms with Crippen LogP contribution < -0.4 is 10.2 Å². The van der Waals surface area contributed by atoms with Crippen molar-refractivity contribution in [2.24, 2.45) is 0 Å². The molecule has 0 saturated heterocycles. The van der Waals surface area contributed by atoms with Crippen LogP contribution in [0.25, 0.3) is 22.2 Å². The molecule has 1 N–H and O–H groups in total. The van der Waals surface area contributed by atoms with Gasteiger partial charge in [-0.05, 0) is 68.5 Å². The minimum atomic E-state index is -0.192. The first-order valence-corrected chi connectivity index (χ1v) is 11.1. The van der Waals surface area contributed by atoms with Gasteiger partial charge in [-0.3, -0.25) is 4.79 Å². The average molecular weight is 463 g/mol. The van der Waals surface area contributed by atoms with E-state index < -0.39 is 0 Å². The number of aryl methyl sites for hydroxylation is 1. The molecule has 7 heteroatoms. The molecule has 33 heavy (non-hydrogen) atoms. The SMILES string of the molecule is Cc1ccc(-c2ccc(C(=O)Nc3ccc4oc(N(C)CCN(C)C)nc4c3)cc2)c(Cl)c1. The number of amides is 1. The molecule has 1 amide bonds. The van der Waals surface area contributed by atoms with Gasteiger partial charge >= 0.3 is 0 Å². The number of nitrogens with zero attached hydrogens (tertiary/aromatic N) is 3.